The van der Waals surface area contributed by atoms with Crippen LogP contribution >= 0.6 is 11.3 Å². The van der Waals surface area contributed by atoms with Crippen LogP contribution in [0, 0.1) is 6.92 Å². The summed E-state index contributed by atoms with van der Waals surface area (Å²) in [4.78, 5) is 21.8. The van der Waals surface area contributed by atoms with Gasteiger partial charge in [-0.25, -0.2) is 9.97 Å². The van der Waals surface area contributed by atoms with Crippen LogP contribution in [0.1, 0.15) is 46.6 Å². The van der Waals surface area contributed by atoms with E-state index in [1.54, 1.807) is 4.68 Å². The molecule has 0 radical (unpaired) electrons. The van der Waals surface area contributed by atoms with E-state index in [-0.39, 0.29) is 0 Å². The van der Waals surface area contributed by atoms with Crippen LogP contribution in [-0.2, 0) is 7.05 Å². The van der Waals surface area contributed by atoms with Crippen LogP contribution in [0.25, 0.3) is 22.5 Å². The van der Waals surface area contributed by atoms with E-state index in [1.807, 2.05) is 38.6 Å². The Balaban J connectivity index is 1.65. The number of rotatable bonds is 5. The molecule has 4 heterocycles. The predicted molar refractivity (Wildman–Crippen MR) is 122 cm³/mol. The fourth-order valence-corrected chi connectivity index (χ4v) is 4.89. The number of nitrogens with zero attached hydrogens (tertiary/aromatic N) is 5. The van der Waals surface area contributed by atoms with E-state index in [0.29, 0.717) is 16.3 Å². The van der Waals surface area contributed by atoms with Crippen molar-refractivity contribution in [3.63, 3.8) is 0 Å². The van der Waals surface area contributed by atoms with Crippen LogP contribution in [0.2, 0.25) is 0 Å². The molecule has 158 valence electrons. The first kappa shape index (κ1) is 19.5. The number of hydrogen-bond donors (Lipinski definition) is 2. The van der Waals surface area contributed by atoms with Crippen molar-refractivity contribution < 1.29 is 4.79 Å². The Morgan fingerprint density at radius 1 is 1.26 bits per heavy atom. The number of amides is 1. The van der Waals surface area contributed by atoms with Crippen molar-refractivity contribution in [2.75, 3.05) is 5.32 Å². The van der Waals surface area contributed by atoms with Gasteiger partial charge in [-0.2, -0.15) is 5.10 Å². The normalized spacial score (nSPS) is 14.1. The van der Waals surface area contributed by atoms with Gasteiger partial charge < -0.3 is 11.1 Å². The summed E-state index contributed by atoms with van der Waals surface area (Å²) in [5.74, 6) is 0.228. The first-order valence-corrected chi connectivity index (χ1v) is 11.0. The smallest absolute Gasteiger partial charge is 0.259 e. The lowest BCUT2D eigenvalue weighted by Crippen LogP contribution is -2.09. The van der Waals surface area contributed by atoms with Gasteiger partial charge in [0.15, 0.2) is 11.5 Å². The Kier molecular flexibility index (Phi) is 4.82. The van der Waals surface area contributed by atoms with E-state index in [4.69, 9.17) is 10.7 Å². The molecule has 8 nitrogen and oxygen atoms in total. The van der Waals surface area contributed by atoms with Crippen LogP contribution in [-0.4, -0.2) is 30.1 Å². The average Bonchev–Trinajstić information content (AvgIpc) is 3.46. The van der Waals surface area contributed by atoms with Crippen molar-refractivity contribution in [3.8, 4) is 11.3 Å². The molecule has 0 saturated heterocycles. The molecule has 0 spiro atoms. The third kappa shape index (κ3) is 3.61. The minimum absolute atomic E-state index is 0.422. The molecule has 1 aliphatic carbocycles. The molecular formula is C22H23N7OS. The second-order valence-corrected chi connectivity index (χ2v) is 8.85. The van der Waals surface area contributed by atoms with Gasteiger partial charge in [-0.15, -0.1) is 11.3 Å². The molecule has 9 heteroatoms. The number of fused-ring (bicyclic) bond motifs is 1. The number of aryl methyl sites for hydroxylation is 2. The molecule has 1 aliphatic rings. The molecule has 0 aliphatic heterocycles. The van der Waals surface area contributed by atoms with E-state index in [2.05, 4.69) is 32.1 Å². The molecule has 0 atom stereocenters. The molecule has 4 aromatic rings. The number of carbonyl (C=O) groups excluding carboxylic acids is 1. The number of allylic oxidation sites excluding steroid dienone is 2. The summed E-state index contributed by atoms with van der Waals surface area (Å²) < 4.78 is 3.84. The van der Waals surface area contributed by atoms with E-state index < -0.39 is 5.91 Å². The Labute approximate surface area is 183 Å². The maximum absolute atomic E-state index is 11.7. The topological polar surface area (TPSA) is 103 Å². The van der Waals surface area contributed by atoms with E-state index in [1.165, 1.54) is 29.8 Å². The highest BCUT2D eigenvalue weighted by Crippen LogP contribution is 2.33. The van der Waals surface area contributed by atoms with Gasteiger partial charge >= 0.3 is 0 Å². The molecule has 4 aromatic heterocycles. The molecule has 0 aromatic carbocycles. The molecule has 0 bridgehead atoms. The van der Waals surface area contributed by atoms with Crippen LogP contribution in [0.4, 0.5) is 10.8 Å². The number of hydrogen-bond acceptors (Lipinski definition) is 6. The molecule has 3 N–H and O–H groups in total. The maximum Gasteiger partial charge on any atom is 0.259 e. The third-order valence-electron chi connectivity index (χ3n) is 5.50. The van der Waals surface area contributed by atoms with E-state index >= 15 is 0 Å². The SMILES string of the molecule is Cc1cc(Nc2nc(C3=CCCCC3)cn3c(-c4cnn(C)c4)cnc23)sc1C(N)=O. The van der Waals surface area contributed by atoms with Crippen molar-refractivity contribution in [3.05, 3.63) is 53.1 Å². The largest absolute Gasteiger partial charge is 0.365 e. The van der Waals surface area contributed by atoms with Gasteiger partial charge in [-0.3, -0.25) is 13.9 Å². The quantitative estimate of drug-likeness (QED) is 0.488. The first-order chi connectivity index (χ1) is 15.0. The summed E-state index contributed by atoms with van der Waals surface area (Å²) in [7, 11) is 1.90. The predicted octanol–water partition coefficient (Wildman–Crippen LogP) is 4.30. The Morgan fingerprint density at radius 3 is 2.81 bits per heavy atom. The van der Waals surface area contributed by atoms with Crippen molar-refractivity contribution in [1.82, 2.24) is 24.1 Å². The van der Waals surface area contributed by atoms with Gasteiger partial charge in [0, 0.05) is 25.0 Å². The van der Waals surface area contributed by atoms with Crippen LogP contribution < -0.4 is 11.1 Å². The number of aromatic nitrogens is 5. The summed E-state index contributed by atoms with van der Waals surface area (Å²) in [6.45, 7) is 1.88. The highest BCUT2D eigenvalue weighted by Gasteiger charge is 2.18. The van der Waals surface area contributed by atoms with E-state index in [0.717, 1.165) is 40.4 Å². The zero-order valence-electron chi connectivity index (χ0n) is 17.4. The van der Waals surface area contributed by atoms with Gasteiger partial charge in [-0.05, 0) is 49.8 Å². The number of imidazole rings is 1. The third-order valence-corrected chi connectivity index (χ3v) is 6.66. The minimum Gasteiger partial charge on any atom is -0.365 e. The monoisotopic (exact) mass is 433 g/mol. The van der Waals surface area contributed by atoms with Gasteiger partial charge in [-0.1, -0.05) is 6.08 Å². The standard InChI is InChI=1S/C22H23N7OS/c1-13-8-18(31-19(13)20(23)30)27-21-22-24-10-17(15-9-25-28(2)11-15)29(22)12-16(26-21)14-6-4-3-5-7-14/h6,8-12H,3-5,7H2,1-2H3,(H2,23,30)(H,26,27). The number of primary amides is 1. The first-order valence-electron chi connectivity index (χ1n) is 10.2. The highest BCUT2D eigenvalue weighted by atomic mass is 32.1. The van der Waals surface area contributed by atoms with Crippen LogP contribution in [0.15, 0.2) is 36.9 Å². The molecule has 0 saturated carbocycles. The van der Waals surface area contributed by atoms with Crippen molar-refractivity contribution in [2.45, 2.75) is 32.6 Å². The summed E-state index contributed by atoms with van der Waals surface area (Å²) in [6, 6.07) is 1.92. The number of anilines is 2. The lowest BCUT2D eigenvalue weighted by atomic mass is 9.97. The van der Waals surface area contributed by atoms with Crippen molar-refractivity contribution >= 4 is 39.3 Å². The van der Waals surface area contributed by atoms with Crippen molar-refractivity contribution in [1.29, 1.82) is 0 Å². The van der Waals surface area contributed by atoms with Crippen LogP contribution in [0.3, 0.4) is 0 Å². The summed E-state index contributed by atoms with van der Waals surface area (Å²) in [6.07, 6.45) is 14.4. The zero-order chi connectivity index (χ0) is 21.5. The lowest BCUT2D eigenvalue weighted by molar-refractivity contribution is 0.100. The highest BCUT2D eigenvalue weighted by molar-refractivity contribution is 7.18. The fourth-order valence-electron chi connectivity index (χ4n) is 3.97. The van der Waals surface area contributed by atoms with Gasteiger partial charge in [0.25, 0.3) is 5.91 Å². The number of carbonyl (C=O) groups is 1. The molecule has 5 rings (SSSR count). The molecule has 31 heavy (non-hydrogen) atoms. The Morgan fingerprint density at radius 2 is 2.13 bits per heavy atom. The summed E-state index contributed by atoms with van der Waals surface area (Å²) >= 11 is 1.33. The van der Waals surface area contributed by atoms with E-state index in [9.17, 15) is 4.79 Å². The summed E-state index contributed by atoms with van der Waals surface area (Å²) in [5.41, 5.74) is 11.2. The molecular weight excluding hydrogens is 410 g/mol. The second-order valence-electron chi connectivity index (χ2n) is 7.80. The average molecular weight is 434 g/mol. The Hall–Kier alpha value is -3.46. The van der Waals surface area contributed by atoms with Crippen LogP contribution in [0.5, 0.6) is 0 Å². The molecule has 1 amide bonds. The number of nitrogens with one attached hydrogen (secondary N) is 1. The number of nitrogens with two attached hydrogens (primary N) is 1. The van der Waals surface area contributed by atoms with Gasteiger partial charge in [0.1, 0.15) is 0 Å². The molecule has 0 fully saturated rings. The maximum atomic E-state index is 11.7. The number of thiophene rings is 1. The molecule has 0 unspecified atom stereocenters. The Bertz CT molecular complexity index is 1330. The fraction of sp³-hybridized carbons (Fsp3) is 0.273. The van der Waals surface area contributed by atoms with Gasteiger partial charge in [0.2, 0.25) is 0 Å². The van der Waals surface area contributed by atoms with Gasteiger partial charge in [0.05, 0.1) is 33.7 Å². The summed E-state index contributed by atoms with van der Waals surface area (Å²) in [5, 5.41) is 8.49. The minimum atomic E-state index is -0.422. The zero-order valence-corrected chi connectivity index (χ0v) is 18.2. The van der Waals surface area contributed by atoms with Crippen molar-refractivity contribution in [2.24, 2.45) is 12.8 Å². The second kappa shape index (κ2) is 7.66. The lowest BCUT2D eigenvalue weighted by Gasteiger charge is -2.15.